The summed E-state index contributed by atoms with van der Waals surface area (Å²) >= 11 is 6.06. The van der Waals surface area contributed by atoms with Crippen LogP contribution in [-0.4, -0.2) is 31.3 Å². The van der Waals surface area contributed by atoms with Crippen LogP contribution in [0.25, 0.3) is 17.2 Å². The Morgan fingerprint density at radius 2 is 1.80 bits per heavy atom. The molecule has 1 aliphatic carbocycles. The summed E-state index contributed by atoms with van der Waals surface area (Å²) in [6, 6.07) is 18.3. The number of rotatable bonds is 6. The van der Waals surface area contributed by atoms with Crippen LogP contribution in [0.4, 0.5) is 4.79 Å². The molecule has 0 unspecified atom stereocenters. The lowest BCUT2D eigenvalue weighted by atomic mass is 9.98. The minimum atomic E-state index is -0.451. The quantitative estimate of drug-likeness (QED) is 0.588. The molecule has 2 aromatic carbocycles. The van der Waals surface area contributed by atoms with Crippen molar-refractivity contribution in [3.8, 4) is 17.0 Å². The maximum absolute atomic E-state index is 12.2. The first kappa shape index (κ1) is 20.0. The van der Waals surface area contributed by atoms with Gasteiger partial charge in [0.05, 0.1) is 7.11 Å². The smallest absolute Gasteiger partial charge is 0.407 e. The van der Waals surface area contributed by atoms with Gasteiger partial charge in [-0.15, -0.1) is 0 Å². The van der Waals surface area contributed by atoms with Crippen molar-refractivity contribution in [3.63, 3.8) is 0 Å². The molecule has 1 amide bonds. The summed E-state index contributed by atoms with van der Waals surface area (Å²) in [7, 11) is 1.52. The van der Waals surface area contributed by atoms with E-state index in [-0.39, 0.29) is 5.92 Å². The van der Waals surface area contributed by atoms with E-state index in [1.807, 2.05) is 30.3 Å². The van der Waals surface area contributed by atoms with E-state index in [0.29, 0.717) is 24.1 Å². The van der Waals surface area contributed by atoms with Gasteiger partial charge in [-0.2, -0.15) is 0 Å². The zero-order valence-electron chi connectivity index (χ0n) is 16.5. The van der Waals surface area contributed by atoms with E-state index < -0.39 is 6.09 Å². The number of amides is 1. The molecule has 0 atom stereocenters. The highest BCUT2D eigenvalue weighted by Crippen LogP contribution is 2.44. The van der Waals surface area contributed by atoms with Gasteiger partial charge in [0.15, 0.2) is 0 Å². The monoisotopic (exact) mass is 420 g/mol. The lowest BCUT2D eigenvalue weighted by Crippen LogP contribution is -2.26. The molecular weight excluding hydrogens is 400 g/mol. The third kappa shape index (κ3) is 4.16. The molecule has 0 saturated heterocycles. The molecular formula is C24H21ClN2O3. The summed E-state index contributed by atoms with van der Waals surface area (Å²) in [5.74, 6) is 0.428. The number of fused-ring (bicyclic) bond motifs is 3. The molecule has 0 aliphatic heterocycles. The number of carbonyl (C=O) groups is 1. The highest BCUT2D eigenvalue weighted by Gasteiger charge is 2.28. The summed E-state index contributed by atoms with van der Waals surface area (Å²) in [6.45, 7) is 0.627. The lowest BCUT2D eigenvalue weighted by Gasteiger charge is -2.14. The maximum Gasteiger partial charge on any atom is 0.407 e. The third-order valence-corrected chi connectivity index (χ3v) is 5.31. The number of carbonyl (C=O) groups excluding carboxylic acids is 1. The molecule has 0 radical (unpaired) electrons. The van der Waals surface area contributed by atoms with Crippen LogP contribution in [0.15, 0.2) is 66.9 Å². The molecule has 30 heavy (non-hydrogen) atoms. The Kier molecular flexibility index (Phi) is 6.00. The summed E-state index contributed by atoms with van der Waals surface area (Å²) in [5, 5.41) is 3.17. The largest absolute Gasteiger partial charge is 0.480 e. The van der Waals surface area contributed by atoms with Crippen LogP contribution in [0, 0.1) is 0 Å². The van der Waals surface area contributed by atoms with E-state index in [1.165, 1.54) is 29.4 Å². The van der Waals surface area contributed by atoms with Gasteiger partial charge in [0.2, 0.25) is 5.88 Å². The predicted molar refractivity (Wildman–Crippen MR) is 118 cm³/mol. The fourth-order valence-corrected chi connectivity index (χ4v) is 3.92. The number of halogens is 1. The Balaban J connectivity index is 1.32. The number of hydrogen-bond donors (Lipinski definition) is 1. The van der Waals surface area contributed by atoms with Crippen molar-refractivity contribution in [1.29, 1.82) is 0 Å². The number of alkyl carbamates (subject to hydrolysis) is 1. The molecule has 0 fully saturated rings. The Labute approximate surface area is 180 Å². The average Bonchev–Trinajstić information content (AvgIpc) is 3.09. The second-order valence-corrected chi connectivity index (χ2v) is 7.28. The van der Waals surface area contributed by atoms with Crippen LogP contribution in [0.1, 0.15) is 22.6 Å². The van der Waals surface area contributed by atoms with Crippen LogP contribution in [0.3, 0.4) is 0 Å². The first-order valence-electron chi connectivity index (χ1n) is 9.62. The number of aromatic nitrogens is 1. The topological polar surface area (TPSA) is 60.5 Å². The molecule has 4 rings (SSSR count). The average molecular weight is 421 g/mol. The van der Waals surface area contributed by atoms with Crippen LogP contribution >= 0.6 is 11.6 Å². The van der Waals surface area contributed by atoms with Gasteiger partial charge >= 0.3 is 6.09 Å². The van der Waals surface area contributed by atoms with E-state index in [4.69, 9.17) is 21.1 Å². The van der Waals surface area contributed by atoms with Gasteiger partial charge in [-0.25, -0.2) is 9.78 Å². The maximum atomic E-state index is 12.2. The van der Waals surface area contributed by atoms with E-state index in [1.54, 1.807) is 18.3 Å². The van der Waals surface area contributed by atoms with Gasteiger partial charge in [0.25, 0.3) is 0 Å². The lowest BCUT2D eigenvalue weighted by molar-refractivity contribution is 0.144. The molecule has 0 saturated carbocycles. The van der Waals surface area contributed by atoms with Crippen LogP contribution in [-0.2, 0) is 4.74 Å². The number of ether oxygens (including phenoxy) is 2. The van der Waals surface area contributed by atoms with E-state index in [9.17, 15) is 4.79 Å². The Morgan fingerprint density at radius 1 is 1.13 bits per heavy atom. The van der Waals surface area contributed by atoms with Crippen molar-refractivity contribution < 1.29 is 14.3 Å². The SMILES string of the molecule is COc1ncc(C=CCNC(=O)OCC2c3ccccc3-c3ccccc32)cc1Cl. The summed E-state index contributed by atoms with van der Waals surface area (Å²) < 4.78 is 10.5. The second kappa shape index (κ2) is 9.01. The highest BCUT2D eigenvalue weighted by molar-refractivity contribution is 6.31. The minimum Gasteiger partial charge on any atom is -0.480 e. The number of methoxy groups -OCH3 is 1. The van der Waals surface area contributed by atoms with Crippen LogP contribution in [0.2, 0.25) is 5.02 Å². The van der Waals surface area contributed by atoms with Crippen molar-refractivity contribution >= 4 is 23.8 Å². The first-order chi connectivity index (χ1) is 14.7. The highest BCUT2D eigenvalue weighted by atomic mass is 35.5. The van der Waals surface area contributed by atoms with E-state index >= 15 is 0 Å². The molecule has 152 valence electrons. The number of hydrogen-bond acceptors (Lipinski definition) is 4. The van der Waals surface area contributed by atoms with Crippen molar-refractivity contribution in [1.82, 2.24) is 10.3 Å². The molecule has 0 spiro atoms. The zero-order valence-corrected chi connectivity index (χ0v) is 17.2. The van der Waals surface area contributed by atoms with Crippen molar-refractivity contribution in [2.45, 2.75) is 5.92 Å². The first-order valence-corrected chi connectivity index (χ1v) is 10.00. The molecule has 0 bridgehead atoms. The zero-order chi connectivity index (χ0) is 20.9. The fraction of sp³-hybridized carbons (Fsp3) is 0.167. The van der Waals surface area contributed by atoms with Crippen molar-refractivity contribution in [3.05, 3.63) is 88.6 Å². The molecule has 1 heterocycles. The number of pyridine rings is 1. The van der Waals surface area contributed by atoms with Gasteiger partial charge in [-0.05, 0) is 33.9 Å². The van der Waals surface area contributed by atoms with Crippen molar-refractivity contribution in [2.75, 3.05) is 20.3 Å². The standard InChI is InChI=1S/C24H21ClN2O3/c1-29-23-22(25)13-16(14-27-23)7-6-12-26-24(28)30-15-21-19-10-4-2-8-17(19)18-9-3-5-11-20(18)21/h2-11,13-14,21H,12,15H2,1H3,(H,26,28). The van der Waals surface area contributed by atoms with Crippen molar-refractivity contribution in [2.24, 2.45) is 0 Å². The number of nitrogens with one attached hydrogen (secondary N) is 1. The van der Waals surface area contributed by atoms with E-state index in [0.717, 1.165) is 5.56 Å². The number of benzene rings is 2. The molecule has 3 aromatic rings. The van der Waals surface area contributed by atoms with Gasteiger partial charge in [-0.3, -0.25) is 0 Å². The fourth-order valence-electron chi connectivity index (χ4n) is 3.67. The molecule has 5 nitrogen and oxygen atoms in total. The van der Waals surface area contributed by atoms with Gasteiger partial charge in [0.1, 0.15) is 11.6 Å². The minimum absolute atomic E-state index is 0.0474. The molecule has 1 N–H and O–H groups in total. The second-order valence-electron chi connectivity index (χ2n) is 6.87. The van der Waals surface area contributed by atoms with Crippen LogP contribution < -0.4 is 10.1 Å². The summed E-state index contributed by atoms with van der Waals surface area (Å²) in [4.78, 5) is 16.3. The summed E-state index contributed by atoms with van der Waals surface area (Å²) in [5.41, 5.74) is 5.61. The third-order valence-electron chi connectivity index (χ3n) is 5.04. The normalized spacial score (nSPS) is 12.5. The molecule has 1 aliphatic rings. The van der Waals surface area contributed by atoms with Gasteiger partial charge in [0, 0.05) is 18.7 Å². The van der Waals surface area contributed by atoms with Gasteiger partial charge in [-0.1, -0.05) is 72.3 Å². The van der Waals surface area contributed by atoms with Crippen LogP contribution in [0.5, 0.6) is 5.88 Å². The Hall–Kier alpha value is -3.31. The predicted octanol–water partition coefficient (Wildman–Crippen LogP) is 5.30. The molecule has 1 aromatic heterocycles. The Morgan fingerprint density at radius 3 is 2.43 bits per heavy atom. The summed E-state index contributed by atoms with van der Waals surface area (Å²) in [6.07, 6.45) is 4.82. The molecule has 6 heteroatoms. The number of nitrogens with zero attached hydrogens (tertiary/aromatic N) is 1. The van der Waals surface area contributed by atoms with E-state index in [2.05, 4.69) is 34.6 Å². The Bertz CT molecular complexity index is 1050. The van der Waals surface area contributed by atoms with Gasteiger partial charge < -0.3 is 14.8 Å².